The normalized spacial score (nSPS) is 15.8. The zero-order valence-electron chi connectivity index (χ0n) is 16.3. The second kappa shape index (κ2) is 7.36. The number of nitrogens with one attached hydrogen (secondary N) is 1. The third-order valence-corrected chi connectivity index (χ3v) is 5.73. The molecular formula is C23H24ClN3O. The number of aromatic nitrogens is 1. The van der Waals surface area contributed by atoms with Gasteiger partial charge in [0.1, 0.15) is 0 Å². The Kier molecular flexibility index (Phi) is 4.90. The number of anilines is 1. The van der Waals surface area contributed by atoms with Crippen molar-refractivity contribution >= 4 is 23.3 Å². The molecule has 0 fully saturated rings. The largest absolute Gasteiger partial charge is 0.322 e. The molecule has 0 spiro atoms. The summed E-state index contributed by atoms with van der Waals surface area (Å²) in [6, 6.07) is 17.9. The minimum atomic E-state index is -0.122. The number of hydrogen-bond acceptors (Lipinski definition) is 1. The fraction of sp³-hybridized carbons (Fsp3) is 0.261. The maximum Gasteiger partial charge on any atom is 0.322 e. The molecule has 1 aromatic heterocycles. The second-order valence-corrected chi connectivity index (χ2v) is 8.05. The zero-order valence-corrected chi connectivity index (χ0v) is 17.1. The summed E-state index contributed by atoms with van der Waals surface area (Å²) in [6.45, 7) is 6.80. The monoisotopic (exact) mass is 393 g/mol. The van der Waals surface area contributed by atoms with E-state index in [4.69, 9.17) is 11.6 Å². The number of halogens is 1. The van der Waals surface area contributed by atoms with Crippen molar-refractivity contribution in [1.29, 1.82) is 0 Å². The highest BCUT2D eigenvalue weighted by atomic mass is 35.5. The Morgan fingerprint density at radius 1 is 1.14 bits per heavy atom. The quantitative estimate of drug-likeness (QED) is 0.554. The lowest BCUT2D eigenvalue weighted by atomic mass is 9.99. The first-order valence-electron chi connectivity index (χ1n) is 9.55. The van der Waals surface area contributed by atoms with E-state index in [9.17, 15) is 4.79 Å². The molecule has 0 aliphatic carbocycles. The average molecular weight is 394 g/mol. The van der Waals surface area contributed by atoms with Gasteiger partial charge in [0.25, 0.3) is 0 Å². The zero-order chi connectivity index (χ0) is 19.8. The smallest absolute Gasteiger partial charge is 0.318 e. The van der Waals surface area contributed by atoms with E-state index >= 15 is 0 Å². The van der Waals surface area contributed by atoms with Gasteiger partial charge in [-0.05, 0) is 54.3 Å². The molecule has 2 aromatic carbocycles. The van der Waals surface area contributed by atoms with Crippen LogP contribution in [0.15, 0.2) is 60.8 Å². The molecule has 144 valence electrons. The summed E-state index contributed by atoms with van der Waals surface area (Å²) >= 11 is 6.24. The fourth-order valence-electron chi connectivity index (χ4n) is 3.94. The van der Waals surface area contributed by atoms with Crippen molar-refractivity contribution < 1.29 is 4.79 Å². The van der Waals surface area contributed by atoms with Gasteiger partial charge in [0, 0.05) is 22.6 Å². The minimum Gasteiger partial charge on any atom is -0.318 e. The Morgan fingerprint density at radius 3 is 2.68 bits per heavy atom. The van der Waals surface area contributed by atoms with Gasteiger partial charge in [-0.1, -0.05) is 49.7 Å². The van der Waals surface area contributed by atoms with Crippen LogP contribution in [0.2, 0.25) is 5.02 Å². The Morgan fingerprint density at radius 2 is 1.93 bits per heavy atom. The van der Waals surface area contributed by atoms with Crippen LogP contribution in [0, 0.1) is 12.8 Å². The molecule has 5 heteroatoms. The summed E-state index contributed by atoms with van der Waals surface area (Å²) in [6.07, 6.45) is 2.07. The lowest BCUT2D eigenvalue weighted by Crippen LogP contribution is -2.39. The lowest BCUT2D eigenvalue weighted by Gasteiger charge is -2.33. The molecule has 1 aliphatic heterocycles. The highest BCUT2D eigenvalue weighted by Crippen LogP contribution is 2.37. The number of hydrogen-bond donors (Lipinski definition) is 1. The van der Waals surface area contributed by atoms with Crippen LogP contribution in [0.1, 0.15) is 36.7 Å². The Balaban J connectivity index is 1.74. The van der Waals surface area contributed by atoms with Gasteiger partial charge in [0.05, 0.1) is 18.3 Å². The van der Waals surface area contributed by atoms with Gasteiger partial charge in [0.2, 0.25) is 0 Å². The molecule has 1 unspecified atom stereocenters. The van der Waals surface area contributed by atoms with E-state index in [1.165, 1.54) is 0 Å². The molecular weight excluding hydrogens is 370 g/mol. The van der Waals surface area contributed by atoms with Crippen LogP contribution in [0.25, 0.3) is 5.69 Å². The standard InChI is InChI=1S/C23H24ClN3O/c1-15(2)22-21-9-6-12-26(21)20-8-5-4-7-17(20)14-27(22)23(28)25-18-11-10-16(3)19(24)13-18/h4-13,15,22H,14H2,1-3H3,(H,25,28). The van der Waals surface area contributed by atoms with E-state index in [2.05, 4.69) is 48.1 Å². The van der Waals surface area contributed by atoms with Gasteiger partial charge in [-0.25, -0.2) is 4.79 Å². The topological polar surface area (TPSA) is 37.3 Å². The first-order valence-corrected chi connectivity index (χ1v) is 9.93. The molecule has 4 rings (SSSR count). The maximum absolute atomic E-state index is 13.3. The summed E-state index contributed by atoms with van der Waals surface area (Å²) < 4.78 is 2.20. The first kappa shape index (κ1) is 18.6. The number of aryl methyl sites for hydroxylation is 1. The number of nitrogens with zero attached hydrogens (tertiary/aromatic N) is 2. The lowest BCUT2D eigenvalue weighted by molar-refractivity contribution is 0.162. The highest BCUT2D eigenvalue weighted by Gasteiger charge is 2.33. The number of carbonyl (C=O) groups is 1. The number of rotatable bonds is 2. The second-order valence-electron chi connectivity index (χ2n) is 7.64. The number of carbonyl (C=O) groups excluding carboxylic acids is 1. The number of benzene rings is 2. The predicted octanol–water partition coefficient (Wildman–Crippen LogP) is 6.18. The van der Waals surface area contributed by atoms with Crippen LogP contribution in [0.4, 0.5) is 10.5 Å². The van der Waals surface area contributed by atoms with Gasteiger partial charge >= 0.3 is 6.03 Å². The third-order valence-electron chi connectivity index (χ3n) is 5.33. The fourth-order valence-corrected chi connectivity index (χ4v) is 4.12. The molecule has 2 amide bonds. The van der Waals surface area contributed by atoms with Crippen LogP contribution in [0.3, 0.4) is 0 Å². The molecule has 0 saturated carbocycles. The molecule has 0 radical (unpaired) electrons. The van der Waals surface area contributed by atoms with Crippen molar-refractivity contribution in [3.8, 4) is 5.69 Å². The molecule has 28 heavy (non-hydrogen) atoms. The molecule has 1 aliphatic rings. The summed E-state index contributed by atoms with van der Waals surface area (Å²) in [5, 5.41) is 3.69. The number of fused-ring (bicyclic) bond motifs is 3. The Hall–Kier alpha value is -2.72. The van der Waals surface area contributed by atoms with Gasteiger partial charge < -0.3 is 14.8 Å². The van der Waals surface area contributed by atoms with Crippen molar-refractivity contribution in [2.24, 2.45) is 5.92 Å². The Labute approximate surface area is 170 Å². The van der Waals surface area contributed by atoms with Crippen molar-refractivity contribution in [1.82, 2.24) is 9.47 Å². The van der Waals surface area contributed by atoms with E-state index in [-0.39, 0.29) is 18.0 Å². The molecule has 4 nitrogen and oxygen atoms in total. The molecule has 3 aromatic rings. The van der Waals surface area contributed by atoms with E-state index in [0.29, 0.717) is 17.3 Å². The van der Waals surface area contributed by atoms with E-state index < -0.39 is 0 Å². The summed E-state index contributed by atoms with van der Waals surface area (Å²) in [4.78, 5) is 15.3. The maximum atomic E-state index is 13.3. The van der Waals surface area contributed by atoms with E-state index in [0.717, 1.165) is 22.5 Å². The molecule has 2 heterocycles. The van der Waals surface area contributed by atoms with Crippen molar-refractivity contribution in [2.75, 3.05) is 5.32 Å². The van der Waals surface area contributed by atoms with Gasteiger partial charge in [-0.3, -0.25) is 0 Å². The molecule has 1 atom stereocenters. The third kappa shape index (κ3) is 3.29. The SMILES string of the molecule is Cc1ccc(NC(=O)N2Cc3ccccc3-n3cccc3C2C(C)C)cc1Cl. The van der Waals surface area contributed by atoms with Crippen LogP contribution in [-0.2, 0) is 6.54 Å². The van der Waals surface area contributed by atoms with Crippen molar-refractivity contribution in [3.05, 3.63) is 82.6 Å². The van der Waals surface area contributed by atoms with Crippen LogP contribution >= 0.6 is 11.6 Å². The summed E-state index contributed by atoms with van der Waals surface area (Å²) in [5.41, 5.74) is 5.07. The summed E-state index contributed by atoms with van der Waals surface area (Å²) in [7, 11) is 0. The van der Waals surface area contributed by atoms with Gasteiger partial charge in [-0.2, -0.15) is 0 Å². The van der Waals surface area contributed by atoms with Crippen LogP contribution < -0.4 is 5.32 Å². The van der Waals surface area contributed by atoms with Crippen molar-refractivity contribution in [3.63, 3.8) is 0 Å². The van der Waals surface area contributed by atoms with Crippen LogP contribution in [0.5, 0.6) is 0 Å². The average Bonchev–Trinajstić information content (AvgIpc) is 3.08. The molecule has 0 bridgehead atoms. The molecule has 0 saturated heterocycles. The number of amides is 2. The highest BCUT2D eigenvalue weighted by molar-refractivity contribution is 6.31. The number of urea groups is 1. The first-order chi connectivity index (χ1) is 13.5. The number of para-hydroxylation sites is 1. The van der Waals surface area contributed by atoms with Gasteiger partial charge in [0.15, 0.2) is 0 Å². The summed E-state index contributed by atoms with van der Waals surface area (Å²) in [5.74, 6) is 0.260. The van der Waals surface area contributed by atoms with Crippen molar-refractivity contribution in [2.45, 2.75) is 33.4 Å². The van der Waals surface area contributed by atoms with E-state index in [1.807, 2.05) is 42.2 Å². The predicted molar refractivity (Wildman–Crippen MR) is 114 cm³/mol. The van der Waals surface area contributed by atoms with E-state index in [1.54, 1.807) is 6.07 Å². The van der Waals surface area contributed by atoms with Crippen LogP contribution in [-0.4, -0.2) is 15.5 Å². The molecule has 1 N–H and O–H groups in total. The minimum absolute atomic E-state index is 0.0386. The Bertz CT molecular complexity index is 1020. The van der Waals surface area contributed by atoms with Gasteiger partial charge in [-0.15, -0.1) is 0 Å².